The lowest BCUT2D eigenvalue weighted by Crippen LogP contribution is -1.83. The molecule has 90 valence electrons. The highest BCUT2D eigenvalue weighted by Gasteiger charge is 1.92. The molecule has 0 aromatic heterocycles. The summed E-state index contributed by atoms with van der Waals surface area (Å²) in [5.74, 6) is 0. The molecular weight excluding hydrogens is 220 g/mol. The van der Waals surface area contributed by atoms with Crippen molar-refractivity contribution in [3.05, 3.63) is 76.9 Å². The van der Waals surface area contributed by atoms with Crippen LogP contribution in [0.2, 0.25) is 0 Å². The van der Waals surface area contributed by atoms with Crippen LogP contribution < -0.4 is 0 Å². The number of aldehydes is 1. The fourth-order valence-corrected chi connectivity index (χ4v) is 1.84. The minimum atomic E-state index is 0.724. The van der Waals surface area contributed by atoms with Crippen LogP contribution in [-0.4, -0.2) is 6.29 Å². The maximum absolute atomic E-state index is 10.5. The van der Waals surface area contributed by atoms with Gasteiger partial charge in [0.05, 0.1) is 0 Å². The number of carbonyl (C=O) groups excluding carboxylic acids is 1. The van der Waals surface area contributed by atoms with Crippen molar-refractivity contribution in [2.75, 3.05) is 0 Å². The molecule has 0 N–H and O–H groups in total. The summed E-state index contributed by atoms with van der Waals surface area (Å²) in [6.07, 6.45) is 6.02. The van der Waals surface area contributed by atoms with Crippen LogP contribution in [-0.2, 0) is 6.42 Å². The predicted molar refractivity (Wildman–Crippen MR) is 75.7 cm³/mol. The summed E-state index contributed by atoms with van der Waals surface area (Å²) in [5, 5.41) is 0. The van der Waals surface area contributed by atoms with E-state index in [9.17, 15) is 4.79 Å². The van der Waals surface area contributed by atoms with Gasteiger partial charge < -0.3 is 0 Å². The number of hydrogen-bond donors (Lipinski definition) is 0. The third-order valence-corrected chi connectivity index (χ3v) is 2.82. The summed E-state index contributed by atoms with van der Waals surface area (Å²) in [6.45, 7) is 2.09. The molecule has 0 aliphatic carbocycles. The molecule has 1 heteroatoms. The van der Waals surface area contributed by atoms with E-state index in [1.54, 1.807) is 0 Å². The largest absolute Gasteiger partial charge is 0.298 e. The Labute approximate surface area is 108 Å². The SMILES string of the molecule is Cc1cccc(/C=C\Cc2ccc(C=O)cc2)c1. The van der Waals surface area contributed by atoms with Crippen LogP contribution >= 0.6 is 0 Å². The quantitative estimate of drug-likeness (QED) is 0.731. The number of allylic oxidation sites excluding steroid dienone is 1. The van der Waals surface area contributed by atoms with Crippen LogP contribution in [0.25, 0.3) is 6.08 Å². The number of carbonyl (C=O) groups is 1. The monoisotopic (exact) mass is 236 g/mol. The van der Waals surface area contributed by atoms with Gasteiger partial charge in [0.15, 0.2) is 0 Å². The van der Waals surface area contributed by atoms with E-state index in [1.807, 2.05) is 24.3 Å². The molecule has 0 bridgehead atoms. The first-order valence-electron chi connectivity index (χ1n) is 6.05. The van der Waals surface area contributed by atoms with Gasteiger partial charge in [-0.1, -0.05) is 66.2 Å². The zero-order chi connectivity index (χ0) is 12.8. The van der Waals surface area contributed by atoms with E-state index in [2.05, 4.69) is 43.3 Å². The van der Waals surface area contributed by atoms with Crippen molar-refractivity contribution in [2.45, 2.75) is 13.3 Å². The molecule has 1 nitrogen and oxygen atoms in total. The molecular formula is C17H16O. The first kappa shape index (κ1) is 12.3. The lowest BCUT2D eigenvalue weighted by Gasteiger charge is -1.98. The summed E-state index contributed by atoms with van der Waals surface area (Å²) in [6, 6.07) is 16.1. The van der Waals surface area contributed by atoms with Gasteiger partial charge in [0, 0.05) is 5.56 Å². The molecule has 0 saturated carbocycles. The van der Waals surface area contributed by atoms with Gasteiger partial charge in [-0.05, 0) is 24.5 Å². The van der Waals surface area contributed by atoms with Gasteiger partial charge in [-0.25, -0.2) is 0 Å². The van der Waals surface area contributed by atoms with E-state index in [-0.39, 0.29) is 0 Å². The first-order valence-corrected chi connectivity index (χ1v) is 6.05. The molecule has 2 rings (SSSR count). The smallest absolute Gasteiger partial charge is 0.150 e. The van der Waals surface area contributed by atoms with Crippen LogP contribution in [0.3, 0.4) is 0 Å². The predicted octanol–water partition coefficient (Wildman–Crippen LogP) is 4.06. The molecule has 0 radical (unpaired) electrons. The minimum absolute atomic E-state index is 0.724. The fourth-order valence-electron chi connectivity index (χ4n) is 1.84. The Morgan fingerprint density at radius 2 is 1.78 bits per heavy atom. The Kier molecular flexibility index (Phi) is 4.08. The summed E-state index contributed by atoms with van der Waals surface area (Å²) in [4.78, 5) is 10.5. The maximum atomic E-state index is 10.5. The molecule has 0 heterocycles. The third-order valence-electron chi connectivity index (χ3n) is 2.82. The van der Waals surface area contributed by atoms with Crippen LogP contribution in [0.4, 0.5) is 0 Å². The van der Waals surface area contributed by atoms with E-state index in [0.717, 1.165) is 18.3 Å². The Balaban J connectivity index is 2.00. The van der Waals surface area contributed by atoms with Gasteiger partial charge in [0.25, 0.3) is 0 Å². The summed E-state index contributed by atoms with van der Waals surface area (Å²) in [7, 11) is 0. The van der Waals surface area contributed by atoms with Crippen molar-refractivity contribution >= 4 is 12.4 Å². The van der Waals surface area contributed by atoms with E-state index in [4.69, 9.17) is 0 Å². The molecule has 2 aromatic carbocycles. The topological polar surface area (TPSA) is 17.1 Å². The second-order valence-corrected chi connectivity index (χ2v) is 4.38. The number of hydrogen-bond acceptors (Lipinski definition) is 1. The highest BCUT2D eigenvalue weighted by Crippen LogP contribution is 2.08. The summed E-state index contributed by atoms with van der Waals surface area (Å²) < 4.78 is 0. The van der Waals surface area contributed by atoms with Crippen molar-refractivity contribution in [1.29, 1.82) is 0 Å². The lowest BCUT2D eigenvalue weighted by molar-refractivity contribution is 0.112. The van der Waals surface area contributed by atoms with Gasteiger partial charge in [-0.2, -0.15) is 0 Å². The fraction of sp³-hybridized carbons (Fsp3) is 0.118. The highest BCUT2D eigenvalue weighted by molar-refractivity contribution is 5.74. The van der Waals surface area contributed by atoms with Gasteiger partial charge >= 0.3 is 0 Å². The molecule has 0 aliphatic heterocycles. The van der Waals surface area contributed by atoms with Crippen LogP contribution in [0.1, 0.15) is 27.0 Å². The third kappa shape index (κ3) is 3.42. The lowest BCUT2D eigenvalue weighted by atomic mass is 10.1. The molecule has 0 amide bonds. The van der Waals surface area contributed by atoms with Gasteiger partial charge in [0.1, 0.15) is 6.29 Å². The zero-order valence-corrected chi connectivity index (χ0v) is 10.5. The van der Waals surface area contributed by atoms with E-state index < -0.39 is 0 Å². The summed E-state index contributed by atoms with van der Waals surface area (Å²) in [5.41, 5.74) is 4.43. The van der Waals surface area contributed by atoms with E-state index >= 15 is 0 Å². The van der Waals surface area contributed by atoms with Gasteiger partial charge in [0.2, 0.25) is 0 Å². The maximum Gasteiger partial charge on any atom is 0.150 e. The Morgan fingerprint density at radius 1 is 1.00 bits per heavy atom. The van der Waals surface area contributed by atoms with Crippen molar-refractivity contribution in [3.63, 3.8) is 0 Å². The number of rotatable bonds is 4. The number of aryl methyl sites for hydroxylation is 1. The Morgan fingerprint density at radius 3 is 2.44 bits per heavy atom. The normalized spacial score (nSPS) is 10.7. The second-order valence-electron chi connectivity index (χ2n) is 4.38. The van der Waals surface area contributed by atoms with E-state index in [0.29, 0.717) is 0 Å². The molecule has 18 heavy (non-hydrogen) atoms. The van der Waals surface area contributed by atoms with Crippen molar-refractivity contribution in [1.82, 2.24) is 0 Å². The second kappa shape index (κ2) is 5.97. The molecule has 0 spiro atoms. The summed E-state index contributed by atoms with van der Waals surface area (Å²) >= 11 is 0. The van der Waals surface area contributed by atoms with Crippen LogP contribution in [0, 0.1) is 6.92 Å². The number of benzene rings is 2. The minimum Gasteiger partial charge on any atom is -0.298 e. The van der Waals surface area contributed by atoms with Crippen LogP contribution in [0.5, 0.6) is 0 Å². The van der Waals surface area contributed by atoms with Gasteiger partial charge in [-0.3, -0.25) is 4.79 Å². The first-order chi connectivity index (χ1) is 8.78. The average Bonchev–Trinajstić information content (AvgIpc) is 2.40. The average molecular weight is 236 g/mol. The molecule has 2 aromatic rings. The molecule has 0 saturated heterocycles. The Bertz CT molecular complexity index is 550. The zero-order valence-electron chi connectivity index (χ0n) is 10.5. The molecule has 0 atom stereocenters. The standard InChI is InChI=1S/C17H16O/c1-14-4-2-6-16(12-14)7-3-5-15-8-10-17(13-18)11-9-15/h2-4,6-13H,5H2,1H3/b7-3-. The van der Waals surface area contributed by atoms with Crippen molar-refractivity contribution in [3.8, 4) is 0 Å². The van der Waals surface area contributed by atoms with Crippen molar-refractivity contribution in [2.24, 2.45) is 0 Å². The molecule has 0 aliphatic rings. The van der Waals surface area contributed by atoms with Crippen molar-refractivity contribution < 1.29 is 4.79 Å². The Hall–Kier alpha value is -2.15. The molecule has 0 unspecified atom stereocenters. The highest BCUT2D eigenvalue weighted by atomic mass is 16.1. The van der Waals surface area contributed by atoms with Crippen LogP contribution in [0.15, 0.2) is 54.6 Å². The van der Waals surface area contributed by atoms with E-state index in [1.165, 1.54) is 16.7 Å². The van der Waals surface area contributed by atoms with Gasteiger partial charge in [-0.15, -0.1) is 0 Å². The molecule has 0 fully saturated rings.